The fourth-order valence-corrected chi connectivity index (χ4v) is 2.43. The smallest absolute Gasteiger partial charge is 0.222 e. The molecule has 0 aromatic rings. The summed E-state index contributed by atoms with van der Waals surface area (Å²) in [7, 11) is 1.67. The molecule has 0 saturated heterocycles. The summed E-state index contributed by atoms with van der Waals surface area (Å²) in [5, 5.41) is 0. The highest BCUT2D eigenvalue weighted by atomic mass is 16.5. The highest BCUT2D eigenvalue weighted by Gasteiger charge is 2.22. The van der Waals surface area contributed by atoms with Gasteiger partial charge in [0.1, 0.15) is 0 Å². The van der Waals surface area contributed by atoms with Crippen LogP contribution < -0.4 is 5.73 Å². The second kappa shape index (κ2) is 7.67. The normalized spacial score (nSPS) is 24.6. The van der Waals surface area contributed by atoms with Crippen molar-refractivity contribution in [2.24, 2.45) is 11.7 Å². The molecule has 2 N–H and O–H groups in total. The molecule has 1 saturated carbocycles. The number of amides is 1. The van der Waals surface area contributed by atoms with E-state index in [2.05, 4.69) is 0 Å². The number of nitrogens with zero attached hydrogens (tertiary/aromatic N) is 1. The van der Waals surface area contributed by atoms with Crippen LogP contribution in [0.5, 0.6) is 0 Å². The lowest BCUT2D eigenvalue weighted by Gasteiger charge is -2.28. The maximum absolute atomic E-state index is 12.1. The molecule has 0 spiro atoms. The van der Waals surface area contributed by atoms with Gasteiger partial charge < -0.3 is 15.4 Å². The lowest BCUT2D eigenvalue weighted by Crippen LogP contribution is -2.36. The first kappa shape index (κ1) is 14.5. The Hall–Kier alpha value is -0.610. The summed E-state index contributed by atoms with van der Waals surface area (Å²) < 4.78 is 5.02. The van der Waals surface area contributed by atoms with Gasteiger partial charge in [0, 0.05) is 32.7 Å². The highest BCUT2D eigenvalue weighted by molar-refractivity contribution is 5.76. The van der Waals surface area contributed by atoms with E-state index in [9.17, 15) is 4.79 Å². The zero-order valence-corrected chi connectivity index (χ0v) is 11.2. The third-order valence-corrected chi connectivity index (χ3v) is 3.65. The van der Waals surface area contributed by atoms with Crippen molar-refractivity contribution in [2.45, 2.75) is 45.1 Å². The number of hydrogen-bond acceptors (Lipinski definition) is 3. The third-order valence-electron chi connectivity index (χ3n) is 3.65. The van der Waals surface area contributed by atoms with Gasteiger partial charge in [0.05, 0.1) is 6.61 Å². The summed E-state index contributed by atoms with van der Waals surface area (Å²) >= 11 is 0. The van der Waals surface area contributed by atoms with Crippen LogP contribution in [0.3, 0.4) is 0 Å². The Morgan fingerprint density at radius 3 is 2.53 bits per heavy atom. The van der Waals surface area contributed by atoms with Gasteiger partial charge in [-0.3, -0.25) is 4.79 Å². The monoisotopic (exact) mass is 242 g/mol. The van der Waals surface area contributed by atoms with Crippen LogP contribution in [0.1, 0.15) is 39.0 Å². The standard InChI is InChI=1S/C13H26N2O2/c1-3-15(8-9-17-2)13(16)10-11-4-6-12(14)7-5-11/h11-12H,3-10,14H2,1-2H3. The van der Waals surface area contributed by atoms with Crippen molar-refractivity contribution in [3.05, 3.63) is 0 Å². The molecule has 0 atom stereocenters. The molecule has 1 aliphatic carbocycles. The van der Waals surface area contributed by atoms with E-state index in [4.69, 9.17) is 10.5 Å². The summed E-state index contributed by atoms with van der Waals surface area (Å²) in [4.78, 5) is 14.0. The maximum Gasteiger partial charge on any atom is 0.222 e. The molecule has 4 heteroatoms. The van der Waals surface area contributed by atoms with E-state index in [1.165, 1.54) is 0 Å². The minimum atomic E-state index is 0.269. The van der Waals surface area contributed by atoms with E-state index < -0.39 is 0 Å². The van der Waals surface area contributed by atoms with Crippen LogP contribution in [-0.2, 0) is 9.53 Å². The Morgan fingerprint density at radius 1 is 1.35 bits per heavy atom. The van der Waals surface area contributed by atoms with Crippen LogP contribution >= 0.6 is 0 Å². The number of nitrogens with two attached hydrogens (primary N) is 1. The Labute approximate surface area is 104 Å². The summed E-state index contributed by atoms with van der Waals surface area (Å²) in [6, 6.07) is 0.358. The summed E-state index contributed by atoms with van der Waals surface area (Å²) in [5.41, 5.74) is 5.87. The van der Waals surface area contributed by atoms with Gasteiger partial charge in [-0.05, 0) is 38.5 Å². The summed E-state index contributed by atoms with van der Waals surface area (Å²) in [6.45, 7) is 4.12. The maximum atomic E-state index is 12.1. The summed E-state index contributed by atoms with van der Waals surface area (Å²) in [6.07, 6.45) is 5.04. The van der Waals surface area contributed by atoms with Crippen molar-refractivity contribution >= 4 is 5.91 Å². The van der Waals surface area contributed by atoms with Crippen molar-refractivity contribution in [3.63, 3.8) is 0 Å². The molecule has 4 nitrogen and oxygen atoms in total. The average molecular weight is 242 g/mol. The zero-order chi connectivity index (χ0) is 12.7. The van der Waals surface area contributed by atoms with Gasteiger partial charge in [0.2, 0.25) is 5.91 Å². The molecular formula is C13H26N2O2. The lowest BCUT2D eigenvalue weighted by molar-refractivity contribution is -0.132. The van der Waals surface area contributed by atoms with Crippen LogP contribution in [0.25, 0.3) is 0 Å². The Morgan fingerprint density at radius 2 is 2.00 bits per heavy atom. The van der Waals surface area contributed by atoms with Crippen LogP contribution in [0.15, 0.2) is 0 Å². The van der Waals surface area contributed by atoms with Crippen LogP contribution in [0.2, 0.25) is 0 Å². The predicted octanol–water partition coefficient (Wildman–Crippen LogP) is 1.39. The topological polar surface area (TPSA) is 55.6 Å². The molecule has 0 heterocycles. The zero-order valence-electron chi connectivity index (χ0n) is 11.2. The van der Waals surface area contributed by atoms with Crippen molar-refractivity contribution in [2.75, 3.05) is 26.8 Å². The Bertz CT molecular complexity index is 225. The molecule has 100 valence electrons. The number of hydrogen-bond donors (Lipinski definition) is 1. The quantitative estimate of drug-likeness (QED) is 0.765. The molecule has 1 amide bonds. The number of carbonyl (C=O) groups is 1. The fourth-order valence-electron chi connectivity index (χ4n) is 2.43. The molecule has 17 heavy (non-hydrogen) atoms. The second-order valence-electron chi connectivity index (χ2n) is 4.95. The van der Waals surface area contributed by atoms with Crippen LogP contribution in [0.4, 0.5) is 0 Å². The molecule has 0 aliphatic heterocycles. The van der Waals surface area contributed by atoms with Gasteiger partial charge in [-0.1, -0.05) is 0 Å². The molecule has 0 aromatic carbocycles. The first-order chi connectivity index (χ1) is 8.17. The van der Waals surface area contributed by atoms with Gasteiger partial charge in [-0.25, -0.2) is 0 Å². The molecule has 1 rings (SSSR count). The Kier molecular flexibility index (Phi) is 6.52. The minimum Gasteiger partial charge on any atom is -0.383 e. The number of ether oxygens (including phenoxy) is 1. The van der Waals surface area contributed by atoms with Gasteiger partial charge >= 0.3 is 0 Å². The predicted molar refractivity (Wildman–Crippen MR) is 68.7 cm³/mol. The molecule has 1 fully saturated rings. The lowest BCUT2D eigenvalue weighted by atomic mass is 9.84. The van der Waals surface area contributed by atoms with E-state index in [1.54, 1.807) is 7.11 Å². The van der Waals surface area contributed by atoms with Crippen LogP contribution in [0, 0.1) is 5.92 Å². The molecular weight excluding hydrogens is 216 g/mol. The van der Waals surface area contributed by atoms with Gasteiger partial charge in [-0.2, -0.15) is 0 Å². The molecule has 1 aliphatic rings. The number of carbonyl (C=O) groups excluding carboxylic acids is 1. The van der Waals surface area contributed by atoms with Crippen molar-refractivity contribution in [1.29, 1.82) is 0 Å². The minimum absolute atomic E-state index is 0.269. The van der Waals surface area contributed by atoms with E-state index >= 15 is 0 Å². The van der Waals surface area contributed by atoms with Gasteiger partial charge in [-0.15, -0.1) is 0 Å². The van der Waals surface area contributed by atoms with Crippen molar-refractivity contribution in [1.82, 2.24) is 4.90 Å². The molecule has 0 aromatic heterocycles. The van der Waals surface area contributed by atoms with Gasteiger partial charge in [0.15, 0.2) is 0 Å². The van der Waals surface area contributed by atoms with E-state index in [0.29, 0.717) is 31.5 Å². The average Bonchev–Trinajstić information content (AvgIpc) is 2.33. The number of likely N-dealkylation sites (N-methyl/N-ethyl adjacent to an activating group) is 1. The third kappa shape index (κ3) is 5.04. The SMILES string of the molecule is CCN(CCOC)C(=O)CC1CCC(N)CC1. The van der Waals surface area contributed by atoms with Gasteiger partial charge in [0.25, 0.3) is 0 Å². The van der Waals surface area contributed by atoms with E-state index in [0.717, 1.165) is 32.2 Å². The first-order valence-electron chi connectivity index (χ1n) is 6.69. The second-order valence-corrected chi connectivity index (χ2v) is 4.95. The van der Waals surface area contributed by atoms with E-state index in [-0.39, 0.29) is 5.91 Å². The highest BCUT2D eigenvalue weighted by Crippen LogP contribution is 2.26. The van der Waals surface area contributed by atoms with Crippen molar-refractivity contribution < 1.29 is 9.53 Å². The molecule has 0 radical (unpaired) electrons. The van der Waals surface area contributed by atoms with E-state index in [1.807, 2.05) is 11.8 Å². The largest absolute Gasteiger partial charge is 0.383 e. The van der Waals surface area contributed by atoms with Crippen LogP contribution in [-0.4, -0.2) is 43.7 Å². The fraction of sp³-hybridized carbons (Fsp3) is 0.923. The number of rotatable bonds is 6. The number of methoxy groups -OCH3 is 1. The molecule has 0 unspecified atom stereocenters. The van der Waals surface area contributed by atoms with Crippen molar-refractivity contribution in [3.8, 4) is 0 Å². The molecule has 0 bridgehead atoms. The summed E-state index contributed by atoms with van der Waals surface area (Å²) in [5.74, 6) is 0.809. The Balaban J connectivity index is 2.31. The first-order valence-corrected chi connectivity index (χ1v) is 6.69.